The number of benzene rings is 1. The summed E-state index contributed by atoms with van der Waals surface area (Å²) in [6.45, 7) is 0.315. The zero-order chi connectivity index (χ0) is 22.8. The van der Waals surface area contributed by atoms with Crippen LogP contribution in [0.1, 0.15) is 34.7 Å². The number of nitro groups is 1. The quantitative estimate of drug-likeness (QED) is 0.373. The van der Waals surface area contributed by atoms with Crippen LogP contribution >= 0.6 is 22.9 Å². The molecule has 0 amide bonds. The number of fused-ring (bicyclic) bond motifs is 3. The van der Waals surface area contributed by atoms with Crippen molar-refractivity contribution in [1.82, 2.24) is 9.97 Å². The molecule has 32 heavy (non-hydrogen) atoms. The summed E-state index contributed by atoms with van der Waals surface area (Å²) < 4.78 is 12.1. The summed E-state index contributed by atoms with van der Waals surface area (Å²) in [5.74, 6) is -1.19. The van der Waals surface area contributed by atoms with E-state index in [0.717, 1.165) is 41.5 Å². The number of hydrogen-bond donors (Lipinski definition) is 1. The zero-order valence-electron chi connectivity index (χ0n) is 16.8. The number of carbonyl (C=O) groups excluding carboxylic acids is 1. The molecule has 0 saturated carbocycles. The summed E-state index contributed by atoms with van der Waals surface area (Å²) in [5.41, 5.74) is 1.78. The number of nitrogens with zero attached hydrogens (tertiary/aromatic N) is 3. The summed E-state index contributed by atoms with van der Waals surface area (Å²) in [5, 5.41) is 26.0. The third-order valence-corrected chi connectivity index (χ3v) is 7.72. The Kier molecular flexibility index (Phi) is 6.68. The smallest absolute Gasteiger partial charge is 0.287 e. The number of carboxylic acid groups (broad SMARTS) is 1. The fourth-order valence-corrected chi connectivity index (χ4v) is 6.05. The lowest BCUT2D eigenvalue weighted by atomic mass is 9.97. The van der Waals surface area contributed by atoms with Crippen molar-refractivity contribution in [2.75, 3.05) is 11.1 Å². The molecule has 9 nitrogen and oxygen atoms in total. The van der Waals surface area contributed by atoms with Crippen molar-refractivity contribution in [3.05, 3.63) is 55.2 Å². The molecule has 1 unspecified atom stereocenters. The van der Waals surface area contributed by atoms with Crippen LogP contribution in [0.5, 0.6) is 0 Å². The average Bonchev–Trinajstić information content (AvgIpc) is 3.09. The van der Waals surface area contributed by atoms with Gasteiger partial charge < -0.3 is 15.2 Å². The number of thiophene rings is 1. The highest BCUT2D eigenvalue weighted by atomic mass is 35.5. The number of rotatable bonds is 8. The van der Waals surface area contributed by atoms with Crippen molar-refractivity contribution in [1.29, 1.82) is 0 Å². The summed E-state index contributed by atoms with van der Waals surface area (Å²) in [6.07, 6.45) is 4.08. The molecule has 4 rings (SSSR count). The van der Waals surface area contributed by atoms with E-state index in [2.05, 4.69) is 15.3 Å². The van der Waals surface area contributed by atoms with E-state index in [1.54, 1.807) is 17.4 Å². The maximum absolute atomic E-state index is 12.1. The number of nitro benzene ring substituents is 1. The molecule has 0 bridgehead atoms. The molecular formula is C20H18ClN4O5S2-. The Bertz CT molecular complexity index is 1250. The Morgan fingerprint density at radius 2 is 2.06 bits per heavy atom. The predicted molar refractivity (Wildman–Crippen MR) is 121 cm³/mol. The van der Waals surface area contributed by atoms with Crippen molar-refractivity contribution in [2.45, 2.75) is 38.0 Å². The molecule has 0 aliphatic heterocycles. The summed E-state index contributed by atoms with van der Waals surface area (Å²) >= 11 is 7.61. The fourth-order valence-electron chi connectivity index (χ4n) is 3.71. The molecule has 1 aliphatic carbocycles. The van der Waals surface area contributed by atoms with Gasteiger partial charge in [0.2, 0.25) is 0 Å². The van der Waals surface area contributed by atoms with Gasteiger partial charge in [-0.25, -0.2) is 9.97 Å². The number of halogens is 1. The van der Waals surface area contributed by atoms with E-state index in [1.807, 2.05) is 0 Å². The molecule has 3 aromatic rings. The minimum absolute atomic E-state index is 0.0495. The van der Waals surface area contributed by atoms with E-state index in [-0.39, 0.29) is 16.5 Å². The highest BCUT2D eigenvalue weighted by Gasteiger charge is 2.22. The average molecular weight is 494 g/mol. The van der Waals surface area contributed by atoms with Crippen LogP contribution in [0.4, 0.5) is 11.5 Å². The minimum Gasteiger partial charge on any atom is -0.549 e. The summed E-state index contributed by atoms with van der Waals surface area (Å²) in [7, 11) is -1.68. The Balaban J connectivity index is 1.67. The van der Waals surface area contributed by atoms with Crippen LogP contribution in [0, 0.1) is 10.1 Å². The third-order valence-electron chi connectivity index (χ3n) is 5.10. The standard InChI is InChI=1S/C20H19ClN4O5S2/c21-13-7-11(5-6-14(13)25(28)29)8-22-19-18-12-3-1-2-4-15(12)31-20(18)24-16(23-19)9-32(30)10-17(26)27/h5-7H,1-4,8-10H2,(H,26,27)(H,22,23,24)/p-1. The van der Waals surface area contributed by atoms with Gasteiger partial charge in [-0.2, -0.15) is 0 Å². The predicted octanol–water partition coefficient (Wildman–Crippen LogP) is 2.74. The van der Waals surface area contributed by atoms with E-state index >= 15 is 0 Å². The highest BCUT2D eigenvalue weighted by Crippen LogP contribution is 2.39. The van der Waals surface area contributed by atoms with Gasteiger partial charge in [0.1, 0.15) is 21.5 Å². The topological polar surface area (TPSA) is 138 Å². The number of hydrogen-bond acceptors (Lipinski definition) is 9. The summed E-state index contributed by atoms with van der Waals surface area (Å²) in [6, 6.07) is 4.51. The van der Waals surface area contributed by atoms with E-state index in [4.69, 9.17) is 11.6 Å². The number of aryl methyl sites for hydroxylation is 2. The van der Waals surface area contributed by atoms with Gasteiger partial charge >= 0.3 is 0 Å². The van der Waals surface area contributed by atoms with E-state index in [1.165, 1.54) is 22.6 Å². The first-order valence-corrected chi connectivity index (χ1v) is 12.5. The van der Waals surface area contributed by atoms with Crippen molar-refractivity contribution < 1.29 is 19.0 Å². The zero-order valence-corrected chi connectivity index (χ0v) is 19.1. The monoisotopic (exact) mass is 493 g/mol. The molecule has 0 fully saturated rings. The Labute approximate surface area is 194 Å². The fraction of sp³-hybridized carbons (Fsp3) is 0.350. The van der Waals surface area contributed by atoms with Gasteiger partial charge in [0.15, 0.2) is 0 Å². The van der Waals surface area contributed by atoms with Crippen molar-refractivity contribution in [3.8, 4) is 0 Å². The molecule has 0 spiro atoms. The molecule has 1 aromatic carbocycles. The van der Waals surface area contributed by atoms with Gasteiger partial charge in [0.25, 0.3) is 5.69 Å². The molecule has 1 N–H and O–H groups in total. The first-order valence-electron chi connectivity index (χ1n) is 9.84. The van der Waals surface area contributed by atoms with E-state index in [0.29, 0.717) is 18.2 Å². The lowest BCUT2D eigenvalue weighted by molar-refractivity contribution is -0.384. The van der Waals surface area contributed by atoms with Gasteiger partial charge in [-0.1, -0.05) is 17.7 Å². The van der Waals surface area contributed by atoms with Crippen LogP contribution in [0.2, 0.25) is 5.02 Å². The molecule has 1 aliphatic rings. The second kappa shape index (κ2) is 9.47. The van der Waals surface area contributed by atoms with Crippen LogP contribution in [0.3, 0.4) is 0 Å². The van der Waals surface area contributed by atoms with Crippen LogP contribution in [-0.2, 0) is 40.7 Å². The largest absolute Gasteiger partial charge is 0.549 e. The van der Waals surface area contributed by atoms with Crippen LogP contribution in [0.15, 0.2) is 18.2 Å². The molecular weight excluding hydrogens is 476 g/mol. The number of nitrogens with one attached hydrogen (secondary N) is 1. The van der Waals surface area contributed by atoms with Gasteiger partial charge in [0, 0.05) is 28.3 Å². The molecule has 168 valence electrons. The summed E-state index contributed by atoms with van der Waals surface area (Å²) in [4.78, 5) is 32.3. The molecule has 12 heteroatoms. The van der Waals surface area contributed by atoms with Gasteiger partial charge in [-0.15, -0.1) is 11.3 Å². The maximum atomic E-state index is 12.1. The van der Waals surface area contributed by atoms with Gasteiger partial charge in [-0.3, -0.25) is 14.3 Å². The normalized spacial score (nSPS) is 14.2. The molecule has 0 saturated heterocycles. The highest BCUT2D eigenvalue weighted by molar-refractivity contribution is 7.84. The van der Waals surface area contributed by atoms with Gasteiger partial charge in [-0.05, 0) is 42.9 Å². The second-order valence-electron chi connectivity index (χ2n) is 7.38. The first kappa shape index (κ1) is 22.6. The van der Waals surface area contributed by atoms with Crippen LogP contribution in [-0.4, -0.2) is 30.8 Å². The number of anilines is 1. The van der Waals surface area contributed by atoms with Gasteiger partial charge in [0.05, 0.1) is 27.8 Å². The Hall–Kier alpha value is -2.63. The molecule has 1 atom stereocenters. The molecule has 2 heterocycles. The molecule has 0 radical (unpaired) electrons. The van der Waals surface area contributed by atoms with Crippen molar-refractivity contribution >= 4 is 61.4 Å². The number of aromatic nitrogens is 2. The Morgan fingerprint density at radius 1 is 1.28 bits per heavy atom. The van der Waals surface area contributed by atoms with E-state index < -0.39 is 27.4 Å². The van der Waals surface area contributed by atoms with Crippen LogP contribution in [0.25, 0.3) is 10.2 Å². The SMILES string of the molecule is O=C([O-])CS(=O)Cc1nc(NCc2ccc([N+](=O)[O-])c(Cl)c2)c2c3c(sc2n1)CCCC3. The lowest BCUT2D eigenvalue weighted by Crippen LogP contribution is -2.28. The maximum Gasteiger partial charge on any atom is 0.287 e. The number of carbonyl (C=O) groups is 1. The number of carboxylic acids is 1. The van der Waals surface area contributed by atoms with Crippen molar-refractivity contribution in [3.63, 3.8) is 0 Å². The first-order chi connectivity index (χ1) is 15.3. The number of aliphatic carboxylic acids is 1. The second-order valence-corrected chi connectivity index (χ2v) is 10.3. The third kappa shape index (κ3) is 4.89. The van der Waals surface area contributed by atoms with E-state index in [9.17, 15) is 24.2 Å². The lowest BCUT2D eigenvalue weighted by Gasteiger charge is -2.13. The van der Waals surface area contributed by atoms with Crippen LogP contribution < -0.4 is 10.4 Å². The minimum atomic E-state index is -1.68. The van der Waals surface area contributed by atoms with Crippen molar-refractivity contribution in [2.24, 2.45) is 0 Å². The molecule has 2 aromatic heterocycles. The Morgan fingerprint density at radius 3 is 2.78 bits per heavy atom.